The van der Waals surface area contributed by atoms with E-state index in [1.807, 2.05) is 11.4 Å². The number of aliphatic hydroxyl groups excluding tert-OH is 1. The van der Waals surface area contributed by atoms with Crippen LogP contribution in [-0.2, 0) is 6.42 Å². The van der Waals surface area contributed by atoms with Crippen LogP contribution in [0.2, 0.25) is 0 Å². The average Bonchev–Trinajstić information content (AvgIpc) is 2.82. The molecule has 96 valence electrons. The Bertz CT molecular complexity index is 524. The number of hydrogen-bond acceptors (Lipinski definition) is 3. The first kappa shape index (κ1) is 13.2. The monoisotopic (exact) mass is 265 g/mol. The maximum Gasteiger partial charge on any atom is 0.126 e. The summed E-state index contributed by atoms with van der Waals surface area (Å²) in [6, 6.07) is 5.06. The molecule has 18 heavy (non-hydrogen) atoms. The number of nitrogens with zero attached hydrogens (tertiary/aromatic N) is 1. The highest BCUT2D eigenvalue weighted by molar-refractivity contribution is 7.09. The minimum atomic E-state index is -0.183. The Balaban J connectivity index is 2.11. The van der Waals surface area contributed by atoms with Gasteiger partial charge in [0.15, 0.2) is 0 Å². The van der Waals surface area contributed by atoms with Crippen molar-refractivity contribution in [3.63, 3.8) is 0 Å². The third-order valence-corrected chi connectivity index (χ3v) is 3.71. The molecule has 0 atom stereocenters. The van der Waals surface area contributed by atoms with E-state index in [0.717, 1.165) is 35.5 Å². The summed E-state index contributed by atoms with van der Waals surface area (Å²) in [5, 5.41) is 11.8. The molecule has 0 bridgehead atoms. The molecule has 2 aromatic rings. The second-order valence-corrected chi connectivity index (χ2v) is 5.21. The predicted molar refractivity (Wildman–Crippen MR) is 72.3 cm³/mol. The van der Waals surface area contributed by atoms with Crippen molar-refractivity contribution in [3.05, 3.63) is 40.0 Å². The van der Waals surface area contributed by atoms with Crippen LogP contribution in [0.1, 0.15) is 23.4 Å². The quantitative estimate of drug-likeness (QED) is 0.838. The molecule has 0 radical (unpaired) electrons. The van der Waals surface area contributed by atoms with Gasteiger partial charge < -0.3 is 5.11 Å². The zero-order valence-corrected chi connectivity index (χ0v) is 11.1. The summed E-state index contributed by atoms with van der Waals surface area (Å²) < 4.78 is 13.2. The molecule has 0 saturated carbocycles. The predicted octanol–water partition coefficient (Wildman–Crippen LogP) is 3.57. The zero-order chi connectivity index (χ0) is 13.0. The van der Waals surface area contributed by atoms with Crippen LogP contribution in [0.5, 0.6) is 0 Å². The fourth-order valence-corrected chi connectivity index (χ4v) is 2.60. The van der Waals surface area contributed by atoms with Gasteiger partial charge in [-0.25, -0.2) is 9.37 Å². The molecule has 1 N–H and O–H groups in total. The highest BCUT2D eigenvalue weighted by atomic mass is 32.1. The van der Waals surface area contributed by atoms with Crippen molar-refractivity contribution >= 4 is 11.3 Å². The molecule has 0 aliphatic carbocycles. The number of unbranched alkanes of at least 4 members (excludes halogenated alkanes) is 1. The smallest absolute Gasteiger partial charge is 0.126 e. The van der Waals surface area contributed by atoms with Crippen molar-refractivity contribution in [2.75, 3.05) is 6.61 Å². The van der Waals surface area contributed by atoms with Crippen molar-refractivity contribution in [3.8, 4) is 11.3 Å². The molecule has 0 unspecified atom stereocenters. The molecular weight excluding hydrogens is 249 g/mol. The Labute approximate surface area is 110 Å². The van der Waals surface area contributed by atoms with Crippen molar-refractivity contribution in [1.29, 1.82) is 0 Å². The second-order valence-electron chi connectivity index (χ2n) is 4.27. The fraction of sp³-hybridized carbons (Fsp3) is 0.357. The molecule has 0 fully saturated rings. The van der Waals surface area contributed by atoms with Crippen LogP contribution in [0.25, 0.3) is 11.3 Å². The summed E-state index contributed by atoms with van der Waals surface area (Å²) in [6.45, 7) is 1.99. The molecule has 1 heterocycles. The van der Waals surface area contributed by atoms with E-state index in [9.17, 15) is 4.39 Å². The fourth-order valence-electron chi connectivity index (χ4n) is 1.75. The number of benzene rings is 1. The minimum Gasteiger partial charge on any atom is -0.396 e. The second kappa shape index (κ2) is 6.07. The minimum absolute atomic E-state index is 0.183. The SMILES string of the molecule is Cc1cc(-c2csc(CCCCO)n2)ccc1F. The first-order valence-electron chi connectivity index (χ1n) is 6.02. The molecule has 0 aliphatic heterocycles. The maximum atomic E-state index is 13.2. The van der Waals surface area contributed by atoms with Gasteiger partial charge in [-0.2, -0.15) is 0 Å². The summed E-state index contributed by atoms with van der Waals surface area (Å²) >= 11 is 1.62. The Morgan fingerprint density at radius 1 is 1.33 bits per heavy atom. The third-order valence-electron chi connectivity index (χ3n) is 2.80. The Kier molecular flexibility index (Phi) is 4.44. The lowest BCUT2D eigenvalue weighted by molar-refractivity contribution is 0.284. The van der Waals surface area contributed by atoms with E-state index < -0.39 is 0 Å². The van der Waals surface area contributed by atoms with Crippen LogP contribution in [0.15, 0.2) is 23.6 Å². The normalized spacial score (nSPS) is 10.8. The largest absolute Gasteiger partial charge is 0.396 e. The maximum absolute atomic E-state index is 13.2. The van der Waals surface area contributed by atoms with Crippen molar-refractivity contribution in [1.82, 2.24) is 4.98 Å². The van der Waals surface area contributed by atoms with Crippen LogP contribution in [0.3, 0.4) is 0 Å². The average molecular weight is 265 g/mol. The van der Waals surface area contributed by atoms with Gasteiger partial charge in [-0.15, -0.1) is 11.3 Å². The molecule has 2 nitrogen and oxygen atoms in total. The van der Waals surface area contributed by atoms with Crippen molar-refractivity contribution in [2.24, 2.45) is 0 Å². The number of halogens is 1. The summed E-state index contributed by atoms with van der Waals surface area (Å²) in [4.78, 5) is 4.54. The molecule has 0 aliphatic rings. The Morgan fingerprint density at radius 3 is 2.89 bits per heavy atom. The van der Waals surface area contributed by atoms with E-state index in [1.54, 1.807) is 24.3 Å². The Morgan fingerprint density at radius 2 is 2.17 bits per heavy atom. The van der Waals surface area contributed by atoms with E-state index >= 15 is 0 Å². The van der Waals surface area contributed by atoms with Crippen LogP contribution in [-0.4, -0.2) is 16.7 Å². The standard InChI is InChI=1S/C14H16FNOS/c1-10-8-11(5-6-12(10)15)13-9-18-14(16-13)4-2-3-7-17/h5-6,8-9,17H,2-4,7H2,1H3. The Hall–Kier alpha value is -1.26. The van der Waals surface area contributed by atoms with E-state index in [0.29, 0.717) is 5.56 Å². The molecule has 2 rings (SSSR count). The molecular formula is C14H16FNOS. The van der Waals surface area contributed by atoms with E-state index in [-0.39, 0.29) is 12.4 Å². The molecule has 0 spiro atoms. The molecule has 4 heteroatoms. The van der Waals surface area contributed by atoms with Gasteiger partial charge in [0.25, 0.3) is 0 Å². The summed E-state index contributed by atoms with van der Waals surface area (Å²) in [7, 11) is 0. The number of rotatable bonds is 5. The lowest BCUT2D eigenvalue weighted by Gasteiger charge is -2.00. The number of aliphatic hydroxyl groups is 1. The van der Waals surface area contributed by atoms with Crippen LogP contribution >= 0.6 is 11.3 Å². The first-order valence-corrected chi connectivity index (χ1v) is 6.90. The van der Waals surface area contributed by atoms with Gasteiger partial charge in [0.1, 0.15) is 5.82 Å². The van der Waals surface area contributed by atoms with Crippen LogP contribution < -0.4 is 0 Å². The lowest BCUT2D eigenvalue weighted by Crippen LogP contribution is -1.89. The lowest BCUT2D eigenvalue weighted by atomic mass is 10.1. The van der Waals surface area contributed by atoms with Gasteiger partial charge in [0.05, 0.1) is 10.7 Å². The number of aryl methyl sites for hydroxylation is 2. The number of hydrogen-bond donors (Lipinski definition) is 1. The molecule has 1 aromatic carbocycles. The van der Waals surface area contributed by atoms with Crippen molar-refractivity contribution < 1.29 is 9.50 Å². The summed E-state index contributed by atoms with van der Waals surface area (Å²) in [5.41, 5.74) is 2.50. The van der Waals surface area contributed by atoms with Crippen molar-refractivity contribution in [2.45, 2.75) is 26.2 Å². The zero-order valence-electron chi connectivity index (χ0n) is 10.3. The van der Waals surface area contributed by atoms with Crippen LogP contribution in [0.4, 0.5) is 4.39 Å². The van der Waals surface area contributed by atoms with Gasteiger partial charge >= 0.3 is 0 Å². The highest BCUT2D eigenvalue weighted by Gasteiger charge is 2.06. The van der Waals surface area contributed by atoms with E-state index in [4.69, 9.17) is 5.11 Å². The van der Waals surface area contributed by atoms with Crippen LogP contribution in [0, 0.1) is 12.7 Å². The van der Waals surface area contributed by atoms with E-state index in [1.165, 1.54) is 6.07 Å². The summed E-state index contributed by atoms with van der Waals surface area (Å²) in [5.74, 6) is -0.183. The van der Waals surface area contributed by atoms with Gasteiger partial charge in [0.2, 0.25) is 0 Å². The highest BCUT2D eigenvalue weighted by Crippen LogP contribution is 2.24. The van der Waals surface area contributed by atoms with E-state index in [2.05, 4.69) is 4.98 Å². The summed E-state index contributed by atoms with van der Waals surface area (Å²) in [6.07, 6.45) is 2.65. The van der Waals surface area contributed by atoms with Gasteiger partial charge in [-0.05, 0) is 49.9 Å². The number of thiazole rings is 1. The van der Waals surface area contributed by atoms with Gasteiger partial charge in [-0.3, -0.25) is 0 Å². The third kappa shape index (κ3) is 3.15. The van der Waals surface area contributed by atoms with Gasteiger partial charge in [0, 0.05) is 17.6 Å². The van der Waals surface area contributed by atoms with Gasteiger partial charge in [-0.1, -0.05) is 0 Å². The molecule has 1 aromatic heterocycles. The molecule has 0 amide bonds. The topological polar surface area (TPSA) is 33.1 Å². The first-order chi connectivity index (χ1) is 8.70. The number of aromatic nitrogens is 1. The molecule has 0 saturated heterocycles.